The van der Waals surface area contributed by atoms with Crippen molar-refractivity contribution in [1.29, 1.82) is 0 Å². The van der Waals surface area contributed by atoms with Crippen molar-refractivity contribution < 1.29 is 0 Å². The van der Waals surface area contributed by atoms with Gasteiger partial charge in [0.15, 0.2) is 0 Å². The summed E-state index contributed by atoms with van der Waals surface area (Å²) in [6.07, 6.45) is 4.33. The van der Waals surface area contributed by atoms with Crippen molar-refractivity contribution in [3.05, 3.63) is 481 Å². The van der Waals surface area contributed by atoms with E-state index in [1.54, 1.807) is 0 Å². The first-order chi connectivity index (χ1) is 67.8. The van der Waals surface area contributed by atoms with E-state index in [9.17, 15) is 0 Å². The number of rotatable bonds is 10. The molecule has 0 atom stereocenters. The van der Waals surface area contributed by atoms with Gasteiger partial charge in [-0.1, -0.05) is 468 Å². The molecule has 0 saturated heterocycles. The largest absolute Gasteiger partial charge is 0.0642 e. The number of benzene rings is 24. The van der Waals surface area contributed by atoms with Crippen molar-refractivity contribution in [2.45, 2.75) is 103 Å². The summed E-state index contributed by atoms with van der Waals surface area (Å²) < 4.78 is 0. The van der Waals surface area contributed by atoms with Gasteiger partial charge in [0.25, 0.3) is 0 Å². The van der Waals surface area contributed by atoms with Gasteiger partial charge in [-0.2, -0.15) is 0 Å². The van der Waals surface area contributed by atoms with Crippen LogP contribution in [0.15, 0.2) is 437 Å². The summed E-state index contributed by atoms with van der Waals surface area (Å²) in [7, 11) is 0. The van der Waals surface area contributed by atoms with E-state index < -0.39 is 0 Å². The minimum absolute atomic E-state index is 0.0197. The van der Waals surface area contributed by atoms with Gasteiger partial charge in [-0.15, -0.1) is 0 Å². The second-order valence-electron chi connectivity index (χ2n) is 40.1. The van der Waals surface area contributed by atoms with Crippen LogP contribution in [-0.4, -0.2) is 0 Å². The normalized spacial score (nSPS) is 14.0. The Bertz CT molecular complexity index is 8870. The molecular formula is C138H104. The molecule has 0 heterocycles. The fourth-order valence-electron chi connectivity index (χ4n) is 26.7. The van der Waals surface area contributed by atoms with Crippen molar-refractivity contribution in [3.8, 4) is 111 Å². The van der Waals surface area contributed by atoms with Gasteiger partial charge in [0.05, 0.1) is 0 Å². The highest BCUT2D eigenvalue weighted by Crippen LogP contribution is 2.63. The number of fused-ring (bicyclic) bond motifs is 29. The first-order valence-corrected chi connectivity index (χ1v) is 49.8. The molecule has 656 valence electrons. The average Bonchev–Trinajstić information content (AvgIpc) is 1.53. The zero-order chi connectivity index (χ0) is 92.6. The number of hydrogen-bond acceptors (Lipinski definition) is 0. The molecule has 0 radical (unpaired) electrons. The molecule has 138 heavy (non-hydrogen) atoms. The standard InChI is InChI=1S/C52H38.C45H34.C41H32/c1-51(2)43-25-23-33(29-41(43)49-35-15-7-5-13-31(35)21-27-45(49)51)47-37-17-9-11-19-39(37)48(40-20-12-10-18-38(40)47)34-24-26-44-42(30-34)50-36-16-8-6-14-32(36)22-28-46(50)52(44,3)4;1-3-45(4-2)40-27-26-30(28-39(40)43-33-20-10-8-18-31(33)32-19-9-15-25-38(32)44(43)45)42-36-23-13-11-21-34(36)41(29-16-6-5-7-17-29)35-22-12-14-24-37(35)42;1-3-41(4-2)37-25-23-29(26-36(37)35-24-22-27-14-8-9-17-30(27)40(35)41)39-33-20-12-10-18-31(33)38(28-15-6-5-7-16-28)32-19-11-13-21-34(32)39/h5-30H,1-4H3;5-28H,3-4H2,1-2H3;5-26H,3-4H2,1-2H3. The summed E-state index contributed by atoms with van der Waals surface area (Å²) >= 11 is 0. The molecule has 0 spiro atoms. The monoisotopic (exact) mass is 1760 g/mol. The second-order valence-corrected chi connectivity index (χ2v) is 40.1. The van der Waals surface area contributed by atoms with Gasteiger partial charge in [0.1, 0.15) is 0 Å². The third-order valence-electron chi connectivity index (χ3n) is 33.1. The maximum Gasteiger partial charge on any atom is 0.0216 e. The summed E-state index contributed by atoms with van der Waals surface area (Å²) in [4.78, 5) is 0. The molecular weight excluding hydrogens is 1660 g/mol. The Morgan fingerprint density at radius 3 is 0.725 bits per heavy atom. The highest BCUT2D eigenvalue weighted by atomic mass is 14.5. The van der Waals surface area contributed by atoms with E-state index in [4.69, 9.17) is 0 Å². The van der Waals surface area contributed by atoms with Crippen molar-refractivity contribution in [1.82, 2.24) is 0 Å². The van der Waals surface area contributed by atoms with Crippen LogP contribution in [0.1, 0.15) is 126 Å². The number of hydrogen-bond donors (Lipinski definition) is 0. The Morgan fingerprint density at radius 2 is 0.377 bits per heavy atom. The van der Waals surface area contributed by atoms with Crippen LogP contribution >= 0.6 is 0 Å². The molecule has 4 aliphatic carbocycles. The van der Waals surface area contributed by atoms with E-state index in [-0.39, 0.29) is 21.7 Å². The van der Waals surface area contributed by atoms with Crippen LogP contribution < -0.4 is 0 Å². The molecule has 0 aliphatic heterocycles. The fourth-order valence-corrected chi connectivity index (χ4v) is 26.7. The molecule has 0 amide bonds. The van der Waals surface area contributed by atoms with Gasteiger partial charge in [0, 0.05) is 21.7 Å². The van der Waals surface area contributed by atoms with Crippen LogP contribution in [0.3, 0.4) is 0 Å². The lowest BCUT2D eigenvalue weighted by molar-refractivity contribution is 0.494. The molecule has 0 saturated carbocycles. The fraction of sp³-hybridized carbons (Fsp3) is 0.116. The molecule has 0 bridgehead atoms. The molecule has 0 N–H and O–H groups in total. The highest BCUT2D eigenvalue weighted by molar-refractivity contribution is 6.27. The van der Waals surface area contributed by atoms with Crippen LogP contribution in [0.4, 0.5) is 0 Å². The minimum atomic E-state index is -0.0622. The van der Waals surface area contributed by atoms with E-state index in [1.807, 2.05) is 0 Å². The average molecular weight is 1760 g/mol. The smallest absolute Gasteiger partial charge is 0.0216 e. The molecule has 24 aromatic rings. The lowest BCUT2D eigenvalue weighted by Crippen LogP contribution is -2.23. The van der Waals surface area contributed by atoms with Crippen LogP contribution in [0.5, 0.6) is 0 Å². The van der Waals surface area contributed by atoms with Crippen LogP contribution in [0.2, 0.25) is 0 Å². The Labute approximate surface area is 807 Å². The van der Waals surface area contributed by atoms with E-state index in [0.29, 0.717) is 0 Å². The van der Waals surface area contributed by atoms with Crippen LogP contribution in [0, 0.1) is 0 Å². The van der Waals surface area contributed by atoms with Crippen molar-refractivity contribution in [2.75, 3.05) is 0 Å². The topological polar surface area (TPSA) is 0 Å². The van der Waals surface area contributed by atoms with E-state index >= 15 is 0 Å². The van der Waals surface area contributed by atoms with Gasteiger partial charge in [-0.05, 0) is 324 Å². The molecule has 0 fully saturated rings. The third kappa shape index (κ3) is 12.1. The molecule has 0 heteroatoms. The van der Waals surface area contributed by atoms with Crippen molar-refractivity contribution in [2.24, 2.45) is 0 Å². The van der Waals surface area contributed by atoms with Gasteiger partial charge < -0.3 is 0 Å². The van der Waals surface area contributed by atoms with Crippen molar-refractivity contribution >= 4 is 118 Å². The van der Waals surface area contributed by atoms with Gasteiger partial charge >= 0.3 is 0 Å². The lowest BCUT2D eigenvalue weighted by atomic mass is 9.72. The predicted octanol–water partition coefficient (Wildman–Crippen LogP) is 38.5. The molecule has 0 nitrogen and oxygen atoms in total. The summed E-state index contributed by atoms with van der Waals surface area (Å²) in [5.74, 6) is 0. The third-order valence-corrected chi connectivity index (χ3v) is 33.1. The summed E-state index contributed by atoms with van der Waals surface area (Å²) in [6, 6.07) is 164. The van der Waals surface area contributed by atoms with Gasteiger partial charge in [0.2, 0.25) is 0 Å². The maximum absolute atomic E-state index is 2.53. The van der Waals surface area contributed by atoms with Crippen LogP contribution in [-0.2, 0) is 21.7 Å². The minimum Gasteiger partial charge on any atom is -0.0642 e. The van der Waals surface area contributed by atoms with E-state index in [2.05, 4.69) is 492 Å². The summed E-state index contributed by atoms with van der Waals surface area (Å²) in [5.41, 5.74) is 38.1. The molecule has 24 aromatic carbocycles. The SMILES string of the molecule is CC1(C)c2ccc(-c3c4ccccc4c(-c4ccc5c(c4)-c4c(ccc6ccccc46)C5(C)C)c4ccccc34)cc2-c2c1ccc1ccccc21.CCC1(CC)c2ccc(-c3c4ccccc4c(-c4ccccc4)c4ccccc34)cc2-c2c1c1ccccc1c1ccccc21.CCC1(CC)c2ccc(-c3c4ccccc4c(-c4ccccc4)c4ccccc34)cc2-c2ccc3ccccc3c21. The second kappa shape index (κ2) is 31.9. The Kier molecular flexibility index (Phi) is 19.1. The maximum atomic E-state index is 2.53. The Balaban J connectivity index is 0.000000108. The Morgan fingerprint density at radius 1 is 0.145 bits per heavy atom. The highest BCUT2D eigenvalue weighted by Gasteiger charge is 2.46. The van der Waals surface area contributed by atoms with E-state index in [1.165, 1.54) is 274 Å². The Hall–Kier alpha value is -15.9. The first kappa shape index (κ1) is 82.8. The lowest BCUT2D eigenvalue weighted by Gasteiger charge is -2.31. The zero-order valence-electron chi connectivity index (χ0n) is 79.4. The van der Waals surface area contributed by atoms with E-state index in [0.717, 1.165) is 25.7 Å². The quantitative estimate of drug-likeness (QED) is 0.0946. The molecule has 28 rings (SSSR count). The van der Waals surface area contributed by atoms with Crippen molar-refractivity contribution in [3.63, 3.8) is 0 Å². The molecule has 0 unspecified atom stereocenters. The summed E-state index contributed by atoms with van der Waals surface area (Å²) in [5, 5.41) is 29.0. The molecule has 0 aromatic heterocycles. The van der Waals surface area contributed by atoms with Gasteiger partial charge in [-0.3, -0.25) is 0 Å². The van der Waals surface area contributed by atoms with Crippen LogP contribution in [0.25, 0.3) is 230 Å². The van der Waals surface area contributed by atoms with Gasteiger partial charge in [-0.25, -0.2) is 0 Å². The summed E-state index contributed by atoms with van der Waals surface area (Å²) in [6.45, 7) is 19.0. The first-order valence-electron chi connectivity index (χ1n) is 49.8. The predicted molar refractivity (Wildman–Crippen MR) is 593 cm³/mol. The zero-order valence-corrected chi connectivity index (χ0v) is 79.4. The molecule has 4 aliphatic rings.